The van der Waals surface area contributed by atoms with Crippen LogP contribution in [0.4, 0.5) is 0 Å². The van der Waals surface area contributed by atoms with Crippen molar-refractivity contribution in [3.63, 3.8) is 0 Å². The number of carbonyl (C=O) groups is 1. The van der Waals surface area contributed by atoms with E-state index >= 15 is 0 Å². The van der Waals surface area contributed by atoms with Crippen LogP contribution in [0.15, 0.2) is 66.7 Å². The Hall–Kier alpha value is -3.45. The van der Waals surface area contributed by atoms with Crippen molar-refractivity contribution in [2.75, 3.05) is 40.1 Å². The predicted octanol–water partition coefficient (Wildman–Crippen LogP) is 9.27. The number of rotatable bonds is 19. The molecular weight excluding hydrogens is 624 g/mol. The molecule has 0 saturated heterocycles. The molecule has 1 aliphatic carbocycles. The molecule has 1 fully saturated rings. The van der Waals surface area contributed by atoms with Crippen molar-refractivity contribution in [1.82, 2.24) is 0 Å². The Bertz CT molecular complexity index is 1530. The summed E-state index contributed by atoms with van der Waals surface area (Å²) in [6, 6.07) is 20.6. The molecule has 0 radical (unpaired) electrons. The molecule has 0 unspecified atom stereocenters. The molecule has 272 valence electrons. The molecule has 6 heteroatoms. The van der Waals surface area contributed by atoms with Gasteiger partial charge in [-0.3, -0.25) is 0 Å². The molecule has 6 nitrogen and oxygen atoms in total. The van der Waals surface area contributed by atoms with Gasteiger partial charge in [0.05, 0.1) is 26.4 Å². The van der Waals surface area contributed by atoms with Crippen LogP contribution in [-0.2, 0) is 33.5 Å². The summed E-state index contributed by atoms with van der Waals surface area (Å²) in [6.07, 6.45) is 9.55. The topological polar surface area (TPSA) is 85.2 Å². The Balaban J connectivity index is 1.66. The summed E-state index contributed by atoms with van der Waals surface area (Å²) < 4.78 is 17.4. The van der Waals surface area contributed by atoms with Crippen molar-refractivity contribution >= 4 is 5.97 Å². The number of aliphatic hydroxyl groups is 2. The lowest BCUT2D eigenvalue weighted by molar-refractivity contribution is -0.139. The zero-order chi connectivity index (χ0) is 36.1. The Morgan fingerprint density at radius 2 is 1.44 bits per heavy atom. The SMILES string of the molecule is C=C(C)C(=O)OCCCc1cc(-c2ccc(-c3ccc(C4CCC(C)CC4)cc3)cc2CC)cc(CCCOC)c1OCCC(C)(CO)CO. The highest BCUT2D eigenvalue weighted by atomic mass is 16.5. The van der Waals surface area contributed by atoms with E-state index in [1.54, 1.807) is 14.0 Å². The van der Waals surface area contributed by atoms with Crippen molar-refractivity contribution in [2.24, 2.45) is 11.3 Å². The summed E-state index contributed by atoms with van der Waals surface area (Å²) in [5.41, 5.74) is 9.47. The maximum atomic E-state index is 12.1. The van der Waals surface area contributed by atoms with E-state index < -0.39 is 5.41 Å². The number of esters is 1. The van der Waals surface area contributed by atoms with Gasteiger partial charge in [-0.05, 0) is 127 Å². The highest BCUT2D eigenvalue weighted by molar-refractivity contribution is 5.86. The highest BCUT2D eigenvalue weighted by Crippen LogP contribution is 2.38. The Labute approximate surface area is 300 Å². The Kier molecular flexibility index (Phi) is 15.1. The van der Waals surface area contributed by atoms with Crippen LogP contribution in [0.5, 0.6) is 5.75 Å². The molecule has 1 saturated carbocycles. The van der Waals surface area contributed by atoms with Crippen LogP contribution in [-0.4, -0.2) is 56.3 Å². The van der Waals surface area contributed by atoms with Crippen LogP contribution >= 0.6 is 0 Å². The number of benzene rings is 3. The average Bonchev–Trinajstić information content (AvgIpc) is 3.14. The Morgan fingerprint density at radius 1 is 0.840 bits per heavy atom. The van der Waals surface area contributed by atoms with Crippen molar-refractivity contribution in [3.8, 4) is 28.0 Å². The fraction of sp³-hybridized carbons (Fsp3) is 0.523. The largest absolute Gasteiger partial charge is 0.493 e. The first-order valence-electron chi connectivity index (χ1n) is 18.7. The van der Waals surface area contributed by atoms with E-state index in [1.807, 2.05) is 6.92 Å². The predicted molar refractivity (Wildman–Crippen MR) is 204 cm³/mol. The van der Waals surface area contributed by atoms with Crippen molar-refractivity contribution in [2.45, 2.75) is 97.8 Å². The van der Waals surface area contributed by atoms with Crippen molar-refractivity contribution in [3.05, 3.63) is 89.0 Å². The van der Waals surface area contributed by atoms with E-state index in [1.165, 1.54) is 53.5 Å². The fourth-order valence-electron chi connectivity index (χ4n) is 6.92. The molecule has 4 rings (SSSR count). The maximum Gasteiger partial charge on any atom is 0.333 e. The first kappa shape index (κ1) is 39.3. The first-order chi connectivity index (χ1) is 24.1. The summed E-state index contributed by atoms with van der Waals surface area (Å²) in [7, 11) is 1.72. The van der Waals surface area contributed by atoms with E-state index in [-0.39, 0.29) is 25.8 Å². The Morgan fingerprint density at radius 3 is 2.02 bits per heavy atom. The van der Waals surface area contributed by atoms with Crippen LogP contribution in [0.2, 0.25) is 0 Å². The monoisotopic (exact) mass is 684 g/mol. The van der Waals surface area contributed by atoms with Gasteiger partial charge >= 0.3 is 5.97 Å². The zero-order valence-electron chi connectivity index (χ0n) is 31.2. The summed E-state index contributed by atoms with van der Waals surface area (Å²) in [5.74, 6) is 1.98. The van der Waals surface area contributed by atoms with Gasteiger partial charge in [0.15, 0.2) is 0 Å². The van der Waals surface area contributed by atoms with Gasteiger partial charge in [-0.15, -0.1) is 0 Å². The van der Waals surface area contributed by atoms with E-state index in [0.717, 1.165) is 47.6 Å². The third kappa shape index (κ3) is 10.8. The average molecular weight is 685 g/mol. The van der Waals surface area contributed by atoms with Crippen molar-refractivity contribution in [1.29, 1.82) is 0 Å². The number of hydrogen-bond donors (Lipinski definition) is 2. The molecule has 0 atom stereocenters. The van der Waals surface area contributed by atoms with Gasteiger partial charge in [-0.1, -0.05) is 82.7 Å². The molecule has 50 heavy (non-hydrogen) atoms. The minimum absolute atomic E-state index is 0.118. The summed E-state index contributed by atoms with van der Waals surface area (Å²) in [6.45, 7) is 12.8. The van der Waals surface area contributed by atoms with Crippen LogP contribution in [0.3, 0.4) is 0 Å². The van der Waals surface area contributed by atoms with Crippen LogP contribution in [0, 0.1) is 11.3 Å². The molecule has 0 aliphatic heterocycles. The molecule has 0 spiro atoms. The molecule has 0 heterocycles. The van der Waals surface area contributed by atoms with Gasteiger partial charge < -0.3 is 24.4 Å². The summed E-state index contributed by atoms with van der Waals surface area (Å²) in [5, 5.41) is 19.7. The standard InChI is InChI=1S/C44H60O6/c1-7-33-26-37(36-18-16-35(17-19-36)34-14-12-32(4)13-15-34)20-21-41(33)40-27-38(10-8-23-48-6)42(49-25-22-44(5,29-45)30-46)39(28-40)11-9-24-50-43(47)31(2)3/h16-21,26-28,32,34,45-46H,2,7-15,22-25,29-30H2,1,3-6H3. The lowest BCUT2D eigenvalue weighted by Crippen LogP contribution is -2.28. The van der Waals surface area contributed by atoms with E-state index in [4.69, 9.17) is 14.2 Å². The number of aliphatic hydroxyl groups excluding tert-OH is 2. The third-order valence-corrected chi connectivity index (χ3v) is 10.5. The fourth-order valence-corrected chi connectivity index (χ4v) is 6.92. The number of ether oxygens (including phenoxy) is 3. The lowest BCUT2D eigenvalue weighted by Gasteiger charge is -2.26. The number of carbonyl (C=O) groups excluding carboxylic acids is 1. The van der Waals surface area contributed by atoms with E-state index in [9.17, 15) is 15.0 Å². The van der Waals surface area contributed by atoms with Gasteiger partial charge in [0.2, 0.25) is 0 Å². The van der Waals surface area contributed by atoms with Gasteiger partial charge in [0.1, 0.15) is 5.75 Å². The van der Waals surface area contributed by atoms with Gasteiger partial charge in [0, 0.05) is 24.7 Å². The molecule has 1 aliphatic rings. The minimum atomic E-state index is -0.625. The molecule has 0 amide bonds. The highest BCUT2D eigenvalue weighted by Gasteiger charge is 2.24. The number of hydrogen-bond acceptors (Lipinski definition) is 6. The van der Waals surface area contributed by atoms with Gasteiger partial charge in [-0.2, -0.15) is 0 Å². The normalized spacial score (nSPS) is 16.3. The second-order valence-electron chi connectivity index (χ2n) is 14.8. The molecule has 0 aromatic heterocycles. The van der Waals surface area contributed by atoms with Crippen LogP contribution in [0.25, 0.3) is 22.3 Å². The second kappa shape index (κ2) is 19.2. The third-order valence-electron chi connectivity index (χ3n) is 10.5. The lowest BCUT2D eigenvalue weighted by atomic mass is 9.79. The van der Waals surface area contributed by atoms with Gasteiger partial charge in [-0.25, -0.2) is 4.79 Å². The van der Waals surface area contributed by atoms with Gasteiger partial charge in [0.25, 0.3) is 0 Å². The number of aryl methyl sites for hydroxylation is 3. The quantitative estimate of drug-likeness (QED) is 0.0744. The smallest absolute Gasteiger partial charge is 0.333 e. The molecule has 2 N–H and O–H groups in total. The number of methoxy groups -OCH3 is 1. The summed E-state index contributed by atoms with van der Waals surface area (Å²) in [4.78, 5) is 12.1. The molecule has 3 aromatic carbocycles. The first-order valence-corrected chi connectivity index (χ1v) is 18.7. The van der Waals surface area contributed by atoms with E-state index in [0.29, 0.717) is 44.0 Å². The molecule has 3 aromatic rings. The minimum Gasteiger partial charge on any atom is -0.493 e. The molecular formula is C44H60O6. The second-order valence-corrected chi connectivity index (χ2v) is 14.8. The zero-order valence-corrected chi connectivity index (χ0v) is 31.2. The maximum absolute atomic E-state index is 12.1. The van der Waals surface area contributed by atoms with Crippen molar-refractivity contribution < 1.29 is 29.2 Å². The van der Waals surface area contributed by atoms with E-state index in [2.05, 4.69) is 75.0 Å². The van der Waals surface area contributed by atoms with Crippen LogP contribution < -0.4 is 4.74 Å². The summed E-state index contributed by atoms with van der Waals surface area (Å²) >= 11 is 0. The van der Waals surface area contributed by atoms with Crippen LogP contribution in [0.1, 0.15) is 101 Å². The molecule has 0 bridgehead atoms.